The Morgan fingerprint density at radius 3 is 2.72 bits per heavy atom. The van der Waals surface area contributed by atoms with Crippen LogP contribution in [0.2, 0.25) is 0 Å². The highest BCUT2D eigenvalue weighted by Gasteiger charge is 2.49. The van der Waals surface area contributed by atoms with Crippen molar-refractivity contribution in [3.63, 3.8) is 0 Å². The van der Waals surface area contributed by atoms with E-state index in [0.29, 0.717) is 0 Å². The Morgan fingerprint density at radius 2 is 2.17 bits per heavy atom. The van der Waals surface area contributed by atoms with Gasteiger partial charge in [0, 0.05) is 4.47 Å². The molecule has 1 aromatic carbocycles. The average Bonchev–Trinajstić information content (AvgIpc) is 2.88. The average molecular weight is 312 g/mol. The van der Waals surface area contributed by atoms with Gasteiger partial charge in [-0.15, -0.1) is 0 Å². The molecule has 3 heteroatoms. The Hall–Kier alpha value is -0.410. The molecule has 2 bridgehead atoms. The smallest absolute Gasteiger partial charge is 0.124 e. The molecule has 3 rings (SSSR count). The molecule has 0 heterocycles. The van der Waals surface area contributed by atoms with Crippen LogP contribution in [0.4, 0.5) is 4.39 Å². The number of rotatable bonds is 3. The van der Waals surface area contributed by atoms with Gasteiger partial charge in [0.05, 0.1) is 0 Å². The van der Waals surface area contributed by atoms with Gasteiger partial charge in [-0.25, -0.2) is 4.39 Å². The minimum absolute atomic E-state index is 0.158. The second-order valence-electron chi connectivity index (χ2n) is 6.10. The molecular formula is C15H19BrFN. The van der Waals surface area contributed by atoms with E-state index in [2.05, 4.69) is 15.9 Å². The molecule has 0 spiro atoms. The largest absolute Gasteiger partial charge is 0.330 e. The summed E-state index contributed by atoms with van der Waals surface area (Å²) in [6, 6.07) is 5.21. The zero-order valence-electron chi connectivity index (χ0n) is 10.5. The number of halogens is 2. The van der Waals surface area contributed by atoms with E-state index in [4.69, 9.17) is 5.73 Å². The minimum Gasteiger partial charge on any atom is -0.330 e. The molecule has 18 heavy (non-hydrogen) atoms. The molecule has 3 unspecified atom stereocenters. The lowest BCUT2D eigenvalue weighted by Crippen LogP contribution is -2.37. The summed E-state index contributed by atoms with van der Waals surface area (Å²) in [5.41, 5.74) is 7.39. The van der Waals surface area contributed by atoms with Crippen molar-refractivity contribution < 1.29 is 4.39 Å². The van der Waals surface area contributed by atoms with Crippen molar-refractivity contribution in [3.8, 4) is 0 Å². The standard InChI is InChI=1S/C15H19BrFN/c16-13-4-11(5-14(17)6-13)8-15(9-18)7-10-1-2-12(15)3-10/h4-6,10,12H,1-3,7-9,18H2. The van der Waals surface area contributed by atoms with Crippen LogP contribution in [0.25, 0.3) is 0 Å². The van der Waals surface area contributed by atoms with Crippen LogP contribution in [-0.2, 0) is 6.42 Å². The van der Waals surface area contributed by atoms with Crippen molar-refractivity contribution in [1.82, 2.24) is 0 Å². The molecular weight excluding hydrogens is 293 g/mol. The summed E-state index contributed by atoms with van der Waals surface area (Å²) in [5.74, 6) is 1.47. The number of hydrogen-bond donors (Lipinski definition) is 1. The number of nitrogens with two attached hydrogens (primary N) is 1. The molecule has 2 aliphatic rings. The van der Waals surface area contributed by atoms with E-state index in [1.807, 2.05) is 6.07 Å². The Morgan fingerprint density at radius 1 is 1.33 bits per heavy atom. The lowest BCUT2D eigenvalue weighted by molar-refractivity contribution is 0.171. The molecule has 0 amide bonds. The fourth-order valence-electron chi connectivity index (χ4n) is 4.22. The second kappa shape index (κ2) is 4.61. The lowest BCUT2D eigenvalue weighted by Gasteiger charge is -2.37. The summed E-state index contributed by atoms with van der Waals surface area (Å²) >= 11 is 3.37. The van der Waals surface area contributed by atoms with Gasteiger partial charge in [0.2, 0.25) is 0 Å². The molecule has 1 nitrogen and oxygen atoms in total. The molecule has 0 radical (unpaired) electrons. The summed E-state index contributed by atoms with van der Waals surface area (Å²) in [4.78, 5) is 0. The van der Waals surface area contributed by atoms with Gasteiger partial charge >= 0.3 is 0 Å². The first-order valence-corrected chi connectivity index (χ1v) is 7.56. The van der Waals surface area contributed by atoms with Gasteiger partial charge in [0.1, 0.15) is 5.82 Å². The van der Waals surface area contributed by atoms with E-state index < -0.39 is 0 Å². The fourth-order valence-corrected chi connectivity index (χ4v) is 4.73. The zero-order valence-corrected chi connectivity index (χ0v) is 12.0. The van der Waals surface area contributed by atoms with Crippen molar-refractivity contribution in [1.29, 1.82) is 0 Å². The predicted molar refractivity (Wildman–Crippen MR) is 74.7 cm³/mol. The summed E-state index contributed by atoms with van der Waals surface area (Å²) in [7, 11) is 0. The van der Waals surface area contributed by atoms with E-state index in [-0.39, 0.29) is 11.2 Å². The van der Waals surface area contributed by atoms with Crippen LogP contribution >= 0.6 is 15.9 Å². The molecule has 1 aromatic rings. The Kier molecular flexibility index (Phi) is 3.23. The SMILES string of the molecule is NCC1(Cc2cc(F)cc(Br)c2)CC2CCC1C2. The first kappa shape index (κ1) is 12.6. The van der Waals surface area contributed by atoms with Crippen LogP contribution in [0.5, 0.6) is 0 Å². The predicted octanol–water partition coefficient (Wildman–Crippen LogP) is 3.90. The van der Waals surface area contributed by atoms with Gasteiger partial charge in [-0.1, -0.05) is 22.4 Å². The van der Waals surface area contributed by atoms with E-state index in [1.165, 1.54) is 31.7 Å². The highest BCUT2D eigenvalue weighted by molar-refractivity contribution is 9.10. The van der Waals surface area contributed by atoms with Gasteiger partial charge in [-0.05, 0) is 73.2 Å². The highest BCUT2D eigenvalue weighted by Crippen LogP contribution is 2.56. The van der Waals surface area contributed by atoms with Crippen molar-refractivity contribution in [2.45, 2.75) is 32.1 Å². The Labute approximate surface area is 116 Å². The fraction of sp³-hybridized carbons (Fsp3) is 0.600. The Balaban J connectivity index is 1.86. The summed E-state index contributed by atoms with van der Waals surface area (Å²) in [6.45, 7) is 0.738. The van der Waals surface area contributed by atoms with Crippen LogP contribution < -0.4 is 5.73 Å². The number of benzene rings is 1. The highest BCUT2D eigenvalue weighted by atomic mass is 79.9. The third-order valence-electron chi connectivity index (χ3n) is 4.99. The molecule has 2 fully saturated rings. The molecule has 2 N–H and O–H groups in total. The van der Waals surface area contributed by atoms with Crippen molar-refractivity contribution in [3.05, 3.63) is 34.1 Å². The number of fused-ring (bicyclic) bond motifs is 2. The normalized spacial score (nSPS) is 34.2. The summed E-state index contributed by atoms with van der Waals surface area (Å²) < 4.78 is 14.3. The van der Waals surface area contributed by atoms with Crippen LogP contribution in [0.1, 0.15) is 31.2 Å². The summed E-state index contributed by atoms with van der Waals surface area (Å²) in [6.07, 6.45) is 6.20. The van der Waals surface area contributed by atoms with Crippen molar-refractivity contribution in [2.24, 2.45) is 23.0 Å². The molecule has 0 saturated heterocycles. The van der Waals surface area contributed by atoms with Crippen LogP contribution in [-0.4, -0.2) is 6.54 Å². The van der Waals surface area contributed by atoms with Crippen LogP contribution in [0.3, 0.4) is 0 Å². The van der Waals surface area contributed by atoms with Crippen LogP contribution in [0, 0.1) is 23.1 Å². The van der Waals surface area contributed by atoms with Gasteiger partial charge in [-0.3, -0.25) is 0 Å². The van der Waals surface area contributed by atoms with E-state index >= 15 is 0 Å². The minimum atomic E-state index is -0.158. The van der Waals surface area contributed by atoms with Crippen molar-refractivity contribution in [2.75, 3.05) is 6.54 Å². The van der Waals surface area contributed by atoms with E-state index in [0.717, 1.165) is 34.8 Å². The van der Waals surface area contributed by atoms with Gasteiger partial charge < -0.3 is 5.73 Å². The van der Waals surface area contributed by atoms with Gasteiger partial charge in [0.25, 0.3) is 0 Å². The maximum atomic E-state index is 13.5. The molecule has 0 aliphatic heterocycles. The summed E-state index contributed by atoms with van der Waals surface area (Å²) in [5, 5.41) is 0. The third kappa shape index (κ3) is 2.12. The maximum Gasteiger partial charge on any atom is 0.124 e. The molecule has 98 valence electrons. The molecule has 3 atom stereocenters. The second-order valence-corrected chi connectivity index (χ2v) is 7.02. The third-order valence-corrected chi connectivity index (χ3v) is 5.45. The number of hydrogen-bond acceptors (Lipinski definition) is 1. The Bertz CT molecular complexity index is 442. The molecule has 0 aromatic heterocycles. The zero-order chi connectivity index (χ0) is 12.8. The monoisotopic (exact) mass is 311 g/mol. The first-order valence-electron chi connectivity index (χ1n) is 6.76. The van der Waals surface area contributed by atoms with Crippen LogP contribution in [0.15, 0.2) is 22.7 Å². The van der Waals surface area contributed by atoms with Gasteiger partial charge in [0.15, 0.2) is 0 Å². The maximum absolute atomic E-state index is 13.5. The van der Waals surface area contributed by atoms with E-state index in [9.17, 15) is 4.39 Å². The first-order chi connectivity index (χ1) is 8.61. The molecule has 2 aliphatic carbocycles. The molecule has 2 saturated carbocycles. The van der Waals surface area contributed by atoms with Gasteiger partial charge in [-0.2, -0.15) is 0 Å². The topological polar surface area (TPSA) is 26.0 Å². The van der Waals surface area contributed by atoms with Crippen molar-refractivity contribution >= 4 is 15.9 Å². The quantitative estimate of drug-likeness (QED) is 0.900. The van der Waals surface area contributed by atoms with E-state index in [1.54, 1.807) is 6.07 Å². The lowest BCUT2D eigenvalue weighted by atomic mass is 9.69.